The summed E-state index contributed by atoms with van der Waals surface area (Å²) in [6.07, 6.45) is 17.0. The van der Waals surface area contributed by atoms with Crippen LogP contribution in [0, 0.1) is 31.6 Å². The van der Waals surface area contributed by atoms with Crippen molar-refractivity contribution in [1.29, 1.82) is 0 Å². The van der Waals surface area contributed by atoms with E-state index < -0.39 is 0 Å². The predicted octanol–water partition coefficient (Wildman–Crippen LogP) is 10.2. The summed E-state index contributed by atoms with van der Waals surface area (Å²) in [7, 11) is 0. The smallest absolute Gasteiger partial charge is 0.00187 e. The highest BCUT2D eigenvalue weighted by Gasteiger charge is 2.06. The second-order valence-corrected chi connectivity index (χ2v) is 11.7. The Morgan fingerprint density at radius 1 is 0.485 bits per heavy atom. The molecule has 194 valence electrons. The van der Waals surface area contributed by atoms with Gasteiger partial charge >= 0.3 is 0 Å². The van der Waals surface area contributed by atoms with E-state index >= 15 is 0 Å². The Balaban J connectivity index is 0.00000106. The van der Waals surface area contributed by atoms with Crippen molar-refractivity contribution in [1.82, 2.24) is 4.90 Å². The van der Waals surface area contributed by atoms with E-state index in [4.69, 9.17) is 0 Å². The van der Waals surface area contributed by atoms with Crippen molar-refractivity contribution in [3.8, 4) is 0 Å². The predicted molar refractivity (Wildman–Crippen MR) is 152 cm³/mol. The zero-order chi connectivity index (χ0) is 24.9. The zero-order valence-electron chi connectivity index (χ0n) is 24.1. The van der Waals surface area contributed by atoms with E-state index in [1.165, 1.54) is 108 Å². The van der Waals surface area contributed by atoms with Crippen molar-refractivity contribution < 1.29 is 0 Å². The van der Waals surface area contributed by atoms with Gasteiger partial charge in [0.25, 0.3) is 0 Å². The number of unbranched alkanes of at least 4 members (excludes halogenated alkanes) is 6. The van der Waals surface area contributed by atoms with Gasteiger partial charge in [-0.3, -0.25) is 0 Å². The molecule has 0 atom stereocenters. The van der Waals surface area contributed by atoms with Crippen LogP contribution < -0.4 is 0 Å². The molecule has 1 nitrogen and oxygen atoms in total. The molecule has 0 saturated heterocycles. The SMILES string of the molecule is CC(C)CCCCCN(CCCCCC(C)C)CCCCCC(C)C.Cc1ccccc1C. The Hall–Kier alpha value is -0.820. The number of benzene rings is 1. The molecule has 0 fully saturated rings. The Morgan fingerprint density at radius 2 is 0.788 bits per heavy atom. The van der Waals surface area contributed by atoms with Gasteiger partial charge in [-0.2, -0.15) is 0 Å². The number of hydrogen-bond acceptors (Lipinski definition) is 1. The first-order chi connectivity index (χ1) is 15.7. The minimum absolute atomic E-state index is 0.873. The van der Waals surface area contributed by atoms with Crippen molar-refractivity contribution in [3.63, 3.8) is 0 Å². The molecule has 1 aromatic carbocycles. The van der Waals surface area contributed by atoms with Crippen LogP contribution in [0.25, 0.3) is 0 Å². The molecular formula is C32H61N. The maximum atomic E-state index is 2.78. The molecule has 1 aromatic rings. The van der Waals surface area contributed by atoms with Crippen LogP contribution in [0.4, 0.5) is 0 Å². The van der Waals surface area contributed by atoms with Crippen LogP contribution in [-0.2, 0) is 0 Å². The number of nitrogens with zero attached hydrogens (tertiary/aromatic N) is 1. The molecule has 0 aliphatic rings. The van der Waals surface area contributed by atoms with Crippen LogP contribution in [0.15, 0.2) is 24.3 Å². The Kier molecular flexibility index (Phi) is 21.2. The Morgan fingerprint density at radius 3 is 1.03 bits per heavy atom. The highest BCUT2D eigenvalue weighted by molar-refractivity contribution is 5.23. The fourth-order valence-electron chi connectivity index (χ4n) is 4.19. The molecular weight excluding hydrogens is 398 g/mol. The molecule has 33 heavy (non-hydrogen) atoms. The van der Waals surface area contributed by atoms with E-state index in [-0.39, 0.29) is 0 Å². The molecule has 0 bridgehead atoms. The number of rotatable bonds is 18. The van der Waals surface area contributed by atoms with E-state index in [1.54, 1.807) is 0 Å². The Labute approximate surface area is 210 Å². The second kappa shape index (κ2) is 21.7. The first-order valence-electron chi connectivity index (χ1n) is 14.5. The maximum Gasteiger partial charge on any atom is -0.00187 e. The van der Waals surface area contributed by atoms with Gasteiger partial charge in [0.15, 0.2) is 0 Å². The van der Waals surface area contributed by atoms with E-state index in [0.29, 0.717) is 0 Å². The van der Waals surface area contributed by atoms with Crippen molar-refractivity contribution >= 4 is 0 Å². The summed E-state index contributed by atoms with van der Waals surface area (Å²) in [5, 5.41) is 0. The summed E-state index contributed by atoms with van der Waals surface area (Å²) in [5.74, 6) is 2.62. The highest BCUT2D eigenvalue weighted by atomic mass is 15.1. The fourth-order valence-corrected chi connectivity index (χ4v) is 4.19. The largest absolute Gasteiger partial charge is 0.303 e. The molecule has 0 aliphatic carbocycles. The quantitative estimate of drug-likeness (QED) is 0.197. The summed E-state index contributed by atoms with van der Waals surface area (Å²) >= 11 is 0. The molecule has 0 aliphatic heterocycles. The van der Waals surface area contributed by atoms with Crippen LogP contribution in [-0.4, -0.2) is 24.5 Å². The van der Waals surface area contributed by atoms with Gasteiger partial charge in [-0.1, -0.05) is 124 Å². The van der Waals surface area contributed by atoms with Crippen molar-refractivity contribution in [3.05, 3.63) is 35.4 Å². The molecule has 0 unspecified atom stereocenters. The van der Waals surface area contributed by atoms with E-state index in [9.17, 15) is 0 Å². The summed E-state index contributed by atoms with van der Waals surface area (Å²) in [6, 6.07) is 8.36. The van der Waals surface area contributed by atoms with Gasteiger partial charge < -0.3 is 4.90 Å². The third-order valence-electron chi connectivity index (χ3n) is 6.69. The molecule has 1 rings (SSSR count). The third-order valence-corrected chi connectivity index (χ3v) is 6.69. The van der Waals surface area contributed by atoms with Gasteiger partial charge in [0.2, 0.25) is 0 Å². The van der Waals surface area contributed by atoms with E-state index in [2.05, 4.69) is 84.6 Å². The monoisotopic (exact) mass is 459 g/mol. The molecule has 0 amide bonds. The minimum atomic E-state index is 0.873. The second-order valence-electron chi connectivity index (χ2n) is 11.7. The molecule has 0 spiro atoms. The standard InChI is InChI=1S/C24H51N.C8H10/c1-22(2)16-10-7-13-19-25(20-14-8-11-17-23(3)4)21-15-9-12-18-24(5)6;1-7-5-3-4-6-8(7)2/h22-24H,7-21H2,1-6H3;3-6H,1-2H3. The van der Waals surface area contributed by atoms with Crippen LogP contribution >= 0.6 is 0 Å². The van der Waals surface area contributed by atoms with E-state index in [0.717, 1.165) is 17.8 Å². The van der Waals surface area contributed by atoms with Gasteiger partial charge in [-0.15, -0.1) is 0 Å². The average molecular weight is 460 g/mol. The van der Waals surface area contributed by atoms with Crippen LogP contribution in [0.2, 0.25) is 0 Å². The van der Waals surface area contributed by atoms with E-state index in [1.807, 2.05) is 0 Å². The molecule has 1 heteroatoms. The zero-order valence-corrected chi connectivity index (χ0v) is 24.1. The molecule has 0 radical (unpaired) electrons. The highest BCUT2D eigenvalue weighted by Crippen LogP contribution is 2.13. The molecule has 0 heterocycles. The first kappa shape index (κ1) is 32.2. The number of aryl methyl sites for hydroxylation is 2. The third kappa shape index (κ3) is 22.7. The fraction of sp³-hybridized carbons (Fsp3) is 0.812. The summed E-state index contributed by atoms with van der Waals surface area (Å²) < 4.78 is 0. The van der Waals surface area contributed by atoms with Gasteiger partial charge in [0, 0.05) is 0 Å². The molecule has 0 N–H and O–H groups in total. The molecule has 0 aromatic heterocycles. The first-order valence-corrected chi connectivity index (χ1v) is 14.5. The minimum Gasteiger partial charge on any atom is -0.303 e. The topological polar surface area (TPSA) is 3.24 Å². The van der Waals surface area contributed by atoms with Crippen molar-refractivity contribution in [2.75, 3.05) is 19.6 Å². The normalized spacial score (nSPS) is 11.5. The lowest BCUT2D eigenvalue weighted by Crippen LogP contribution is -2.27. The van der Waals surface area contributed by atoms with Crippen LogP contribution in [0.3, 0.4) is 0 Å². The van der Waals surface area contributed by atoms with Gasteiger partial charge in [-0.25, -0.2) is 0 Å². The summed E-state index contributed by atoms with van der Waals surface area (Å²) in [4.78, 5) is 2.78. The van der Waals surface area contributed by atoms with Crippen LogP contribution in [0.5, 0.6) is 0 Å². The van der Waals surface area contributed by atoms with Crippen molar-refractivity contribution in [2.24, 2.45) is 17.8 Å². The Bertz CT molecular complexity index is 467. The van der Waals surface area contributed by atoms with Gasteiger partial charge in [0.1, 0.15) is 0 Å². The summed E-state index contributed by atoms with van der Waals surface area (Å²) in [5.41, 5.74) is 2.74. The van der Waals surface area contributed by atoms with Crippen LogP contribution in [0.1, 0.15) is 130 Å². The lowest BCUT2D eigenvalue weighted by molar-refractivity contribution is 0.252. The molecule has 0 saturated carbocycles. The van der Waals surface area contributed by atoms with Crippen molar-refractivity contribution in [2.45, 2.75) is 132 Å². The summed E-state index contributed by atoms with van der Waals surface area (Å²) in [6.45, 7) is 22.3. The average Bonchev–Trinajstić information content (AvgIpc) is 2.74. The lowest BCUT2D eigenvalue weighted by Gasteiger charge is -2.22. The van der Waals surface area contributed by atoms with Gasteiger partial charge in [0.05, 0.1) is 0 Å². The lowest BCUT2D eigenvalue weighted by atomic mass is 10.0. The maximum absolute atomic E-state index is 2.78. The van der Waals surface area contributed by atoms with Gasteiger partial charge in [-0.05, 0) is 81.6 Å². The number of hydrogen-bond donors (Lipinski definition) is 0.